The monoisotopic (exact) mass is 424 g/mol. The van der Waals surface area contributed by atoms with Gasteiger partial charge in [-0.25, -0.2) is 13.1 Å². The lowest BCUT2D eigenvalue weighted by atomic mass is 10.2. The first-order valence-corrected chi connectivity index (χ1v) is 11.7. The molecule has 3 aromatic rings. The molecule has 0 radical (unpaired) electrons. The Morgan fingerprint density at radius 2 is 1.53 bits per heavy atom. The molecule has 0 aliphatic carbocycles. The summed E-state index contributed by atoms with van der Waals surface area (Å²) in [6.07, 6.45) is 1.17. The molecule has 156 valence electrons. The Kier molecular flexibility index (Phi) is 5.34. The third-order valence-corrected chi connectivity index (χ3v) is 6.38. The molecular weight excluding hydrogens is 400 g/mol. The van der Waals surface area contributed by atoms with E-state index in [0.29, 0.717) is 24.5 Å². The van der Waals surface area contributed by atoms with Crippen LogP contribution in [0.3, 0.4) is 0 Å². The van der Waals surface area contributed by atoms with Gasteiger partial charge in [0.1, 0.15) is 5.69 Å². The summed E-state index contributed by atoms with van der Waals surface area (Å²) in [5.41, 5.74) is 3.03. The number of rotatable bonds is 4. The van der Waals surface area contributed by atoms with Crippen molar-refractivity contribution in [2.45, 2.75) is 11.8 Å². The summed E-state index contributed by atoms with van der Waals surface area (Å²) in [6, 6.07) is 18.4. The topological polar surface area (TPSA) is 75.5 Å². The van der Waals surface area contributed by atoms with E-state index < -0.39 is 9.84 Å². The normalized spacial score (nSPS) is 14.7. The zero-order valence-electron chi connectivity index (χ0n) is 17.0. The molecule has 1 fully saturated rings. The van der Waals surface area contributed by atoms with Gasteiger partial charge in [0.05, 0.1) is 16.3 Å². The molecule has 1 aromatic heterocycles. The zero-order valence-corrected chi connectivity index (χ0v) is 17.8. The maximum absolute atomic E-state index is 13.2. The number of hydrogen-bond donors (Lipinski definition) is 0. The van der Waals surface area contributed by atoms with Gasteiger partial charge in [-0.3, -0.25) is 4.79 Å². The van der Waals surface area contributed by atoms with Gasteiger partial charge in [0.25, 0.3) is 5.91 Å². The van der Waals surface area contributed by atoms with Crippen LogP contribution in [-0.4, -0.2) is 61.4 Å². The van der Waals surface area contributed by atoms with E-state index in [1.54, 1.807) is 22.9 Å². The van der Waals surface area contributed by atoms with Crippen molar-refractivity contribution in [1.29, 1.82) is 0 Å². The Balaban J connectivity index is 1.53. The minimum Gasteiger partial charge on any atom is -0.368 e. The number of anilines is 1. The van der Waals surface area contributed by atoms with Gasteiger partial charge in [0.15, 0.2) is 9.84 Å². The van der Waals surface area contributed by atoms with Crippen LogP contribution in [0, 0.1) is 6.92 Å². The molecule has 1 saturated heterocycles. The molecular formula is C22H24N4O3S. The predicted octanol–water partition coefficient (Wildman–Crippen LogP) is 2.55. The summed E-state index contributed by atoms with van der Waals surface area (Å²) in [7, 11) is -3.28. The quantitative estimate of drug-likeness (QED) is 0.643. The van der Waals surface area contributed by atoms with Crippen molar-refractivity contribution in [3.8, 4) is 5.69 Å². The first-order chi connectivity index (χ1) is 14.3. The number of sulfone groups is 1. The zero-order chi connectivity index (χ0) is 21.3. The highest BCUT2D eigenvalue weighted by Crippen LogP contribution is 2.20. The SMILES string of the molecule is Cc1cc(C(=O)N2CCN(c3ccccc3)CC2)n(-c2ccc(S(C)(=O)=O)cc2)n1. The summed E-state index contributed by atoms with van der Waals surface area (Å²) < 4.78 is 25.0. The van der Waals surface area contributed by atoms with Gasteiger partial charge in [-0.2, -0.15) is 5.10 Å². The molecule has 7 nitrogen and oxygen atoms in total. The van der Waals surface area contributed by atoms with Crippen molar-refractivity contribution in [2.75, 3.05) is 37.3 Å². The van der Waals surface area contributed by atoms with Gasteiger partial charge < -0.3 is 9.80 Å². The molecule has 1 aliphatic rings. The fraction of sp³-hybridized carbons (Fsp3) is 0.273. The van der Waals surface area contributed by atoms with Crippen LogP contribution >= 0.6 is 0 Å². The van der Waals surface area contributed by atoms with Gasteiger partial charge in [0.2, 0.25) is 0 Å². The standard InChI is InChI=1S/C22H24N4O3S/c1-17-16-21(26(23-17)19-8-10-20(11-9-19)30(2,28)29)22(27)25-14-12-24(13-15-25)18-6-4-3-5-7-18/h3-11,16H,12-15H2,1-2H3. The molecule has 4 rings (SSSR count). The van der Waals surface area contributed by atoms with E-state index in [2.05, 4.69) is 22.1 Å². The summed E-state index contributed by atoms with van der Waals surface area (Å²) in [5, 5.41) is 4.46. The van der Waals surface area contributed by atoms with Crippen LogP contribution in [0.5, 0.6) is 0 Å². The third-order valence-electron chi connectivity index (χ3n) is 5.25. The highest BCUT2D eigenvalue weighted by Gasteiger charge is 2.25. The van der Waals surface area contributed by atoms with E-state index in [9.17, 15) is 13.2 Å². The fourth-order valence-electron chi connectivity index (χ4n) is 3.65. The Morgan fingerprint density at radius 3 is 2.13 bits per heavy atom. The second kappa shape index (κ2) is 7.95. The van der Waals surface area contributed by atoms with Crippen LogP contribution in [0.2, 0.25) is 0 Å². The maximum Gasteiger partial charge on any atom is 0.272 e. The maximum atomic E-state index is 13.2. The van der Waals surface area contributed by atoms with Gasteiger partial charge >= 0.3 is 0 Å². The second-order valence-corrected chi connectivity index (χ2v) is 9.48. The first-order valence-electron chi connectivity index (χ1n) is 9.79. The summed E-state index contributed by atoms with van der Waals surface area (Å²) in [6.45, 7) is 4.64. The number of nitrogens with zero attached hydrogens (tertiary/aromatic N) is 4. The molecule has 0 N–H and O–H groups in total. The number of aromatic nitrogens is 2. The number of aryl methyl sites for hydroxylation is 1. The van der Waals surface area contributed by atoms with E-state index in [1.807, 2.05) is 30.0 Å². The Morgan fingerprint density at radius 1 is 0.900 bits per heavy atom. The van der Waals surface area contributed by atoms with Crippen LogP contribution in [-0.2, 0) is 9.84 Å². The fourth-order valence-corrected chi connectivity index (χ4v) is 4.28. The molecule has 2 heterocycles. The smallest absolute Gasteiger partial charge is 0.272 e. The molecule has 0 atom stereocenters. The van der Waals surface area contributed by atoms with Crippen molar-refractivity contribution in [3.63, 3.8) is 0 Å². The molecule has 30 heavy (non-hydrogen) atoms. The third kappa shape index (κ3) is 4.09. The lowest BCUT2D eigenvalue weighted by Gasteiger charge is -2.36. The highest BCUT2D eigenvalue weighted by atomic mass is 32.2. The lowest BCUT2D eigenvalue weighted by molar-refractivity contribution is 0.0737. The van der Waals surface area contributed by atoms with Crippen molar-refractivity contribution in [1.82, 2.24) is 14.7 Å². The van der Waals surface area contributed by atoms with Crippen molar-refractivity contribution in [3.05, 3.63) is 72.1 Å². The van der Waals surface area contributed by atoms with Gasteiger partial charge in [-0.15, -0.1) is 0 Å². The minimum absolute atomic E-state index is 0.0736. The van der Waals surface area contributed by atoms with Crippen LogP contribution in [0.25, 0.3) is 5.69 Å². The summed E-state index contributed by atoms with van der Waals surface area (Å²) >= 11 is 0. The lowest BCUT2D eigenvalue weighted by Crippen LogP contribution is -2.49. The first kappa shape index (κ1) is 20.2. The molecule has 0 saturated carbocycles. The Hall–Kier alpha value is -3.13. The van der Waals surface area contributed by atoms with Crippen molar-refractivity contribution < 1.29 is 13.2 Å². The molecule has 1 aliphatic heterocycles. The summed E-state index contributed by atoms with van der Waals surface area (Å²) in [4.78, 5) is 17.6. The van der Waals surface area contributed by atoms with Crippen molar-refractivity contribution in [2.24, 2.45) is 0 Å². The number of piperazine rings is 1. The number of carbonyl (C=O) groups is 1. The molecule has 2 aromatic carbocycles. The largest absolute Gasteiger partial charge is 0.368 e. The second-order valence-electron chi connectivity index (χ2n) is 7.46. The van der Waals surface area contributed by atoms with E-state index in [-0.39, 0.29) is 10.8 Å². The Labute approximate surface area is 176 Å². The number of benzene rings is 2. The molecule has 0 bridgehead atoms. The highest BCUT2D eigenvalue weighted by molar-refractivity contribution is 7.90. The van der Waals surface area contributed by atoms with E-state index in [4.69, 9.17) is 0 Å². The van der Waals surface area contributed by atoms with E-state index >= 15 is 0 Å². The number of carbonyl (C=O) groups excluding carboxylic acids is 1. The van der Waals surface area contributed by atoms with Crippen LogP contribution in [0.15, 0.2) is 65.6 Å². The predicted molar refractivity (Wildman–Crippen MR) is 116 cm³/mol. The molecule has 8 heteroatoms. The van der Waals surface area contributed by atoms with E-state index in [0.717, 1.165) is 24.5 Å². The van der Waals surface area contributed by atoms with Crippen molar-refractivity contribution >= 4 is 21.4 Å². The van der Waals surface area contributed by atoms with Gasteiger partial charge in [0, 0.05) is 38.1 Å². The van der Waals surface area contributed by atoms with Crippen LogP contribution in [0.4, 0.5) is 5.69 Å². The average Bonchev–Trinajstić information content (AvgIpc) is 3.15. The molecule has 1 amide bonds. The molecule has 0 spiro atoms. The van der Waals surface area contributed by atoms with Crippen LogP contribution in [0.1, 0.15) is 16.2 Å². The van der Waals surface area contributed by atoms with Gasteiger partial charge in [-0.05, 0) is 49.4 Å². The molecule has 0 unspecified atom stereocenters. The van der Waals surface area contributed by atoms with Crippen LogP contribution < -0.4 is 4.90 Å². The van der Waals surface area contributed by atoms with E-state index in [1.165, 1.54) is 18.4 Å². The Bertz CT molecular complexity index is 1150. The van der Waals surface area contributed by atoms with Gasteiger partial charge in [-0.1, -0.05) is 18.2 Å². The number of para-hydroxylation sites is 1. The summed E-state index contributed by atoms with van der Waals surface area (Å²) in [5.74, 6) is -0.0736. The number of amides is 1. The average molecular weight is 425 g/mol. The minimum atomic E-state index is -3.28. The number of hydrogen-bond acceptors (Lipinski definition) is 5.